The lowest BCUT2D eigenvalue weighted by Gasteiger charge is -2.29. The normalized spacial score (nSPS) is 17.8. The molecule has 0 radical (unpaired) electrons. The summed E-state index contributed by atoms with van der Waals surface area (Å²) in [5, 5.41) is 2.88. The Kier molecular flexibility index (Phi) is 4.60. The summed E-state index contributed by atoms with van der Waals surface area (Å²) in [4.78, 5) is 22.7. The maximum absolute atomic E-state index is 11.9. The average Bonchev–Trinajstić information content (AvgIpc) is 3.30. The number of hydrogen-bond donors (Lipinski definition) is 1. The third kappa shape index (κ3) is 4.50. The number of nitrogens with zero attached hydrogens (tertiary/aromatic N) is 3. The second-order valence-corrected chi connectivity index (χ2v) is 8.16. The predicted molar refractivity (Wildman–Crippen MR) is 94.5 cm³/mol. The SMILES string of the molecule is CN(c1cc(Cl)nc(NC(=O)OC(C)(C)C)n1)C(C1CC1)C1CC1. The number of hydrogen-bond acceptors (Lipinski definition) is 5. The van der Waals surface area contributed by atoms with Gasteiger partial charge in [-0.1, -0.05) is 11.6 Å². The summed E-state index contributed by atoms with van der Waals surface area (Å²) >= 11 is 6.14. The van der Waals surface area contributed by atoms with Gasteiger partial charge in [-0.3, -0.25) is 5.32 Å². The molecule has 132 valence electrons. The molecule has 6 nitrogen and oxygen atoms in total. The van der Waals surface area contributed by atoms with Crippen LogP contribution in [-0.4, -0.2) is 34.8 Å². The van der Waals surface area contributed by atoms with Crippen molar-refractivity contribution in [2.24, 2.45) is 11.8 Å². The largest absolute Gasteiger partial charge is 0.444 e. The number of aromatic nitrogens is 2. The van der Waals surface area contributed by atoms with Gasteiger partial charge in [-0.05, 0) is 58.3 Å². The van der Waals surface area contributed by atoms with Crippen LogP contribution >= 0.6 is 11.6 Å². The summed E-state index contributed by atoms with van der Waals surface area (Å²) in [6.45, 7) is 5.42. The van der Waals surface area contributed by atoms with E-state index in [1.165, 1.54) is 25.7 Å². The molecule has 0 atom stereocenters. The molecule has 1 amide bonds. The van der Waals surface area contributed by atoms with E-state index < -0.39 is 11.7 Å². The number of rotatable bonds is 5. The zero-order chi connectivity index (χ0) is 17.5. The number of carbonyl (C=O) groups excluding carboxylic acids is 1. The molecule has 7 heteroatoms. The highest BCUT2D eigenvalue weighted by Gasteiger charge is 2.44. The maximum atomic E-state index is 11.9. The predicted octanol–water partition coefficient (Wildman–Crippen LogP) is 4.10. The Morgan fingerprint density at radius 1 is 1.29 bits per heavy atom. The number of carbonyl (C=O) groups is 1. The van der Waals surface area contributed by atoms with Crippen LogP contribution in [0.4, 0.5) is 16.6 Å². The van der Waals surface area contributed by atoms with Crippen LogP contribution in [-0.2, 0) is 4.74 Å². The lowest BCUT2D eigenvalue weighted by Crippen LogP contribution is -2.36. The monoisotopic (exact) mass is 352 g/mol. The van der Waals surface area contributed by atoms with Crippen LogP contribution in [0.15, 0.2) is 6.07 Å². The lowest BCUT2D eigenvalue weighted by molar-refractivity contribution is 0.0634. The van der Waals surface area contributed by atoms with Gasteiger partial charge in [-0.25, -0.2) is 9.78 Å². The smallest absolute Gasteiger partial charge is 0.414 e. The van der Waals surface area contributed by atoms with E-state index in [4.69, 9.17) is 16.3 Å². The zero-order valence-corrected chi connectivity index (χ0v) is 15.4. The van der Waals surface area contributed by atoms with Crippen LogP contribution in [0.25, 0.3) is 0 Å². The second kappa shape index (κ2) is 6.39. The minimum Gasteiger partial charge on any atom is -0.444 e. The third-order valence-corrected chi connectivity index (χ3v) is 4.51. The van der Waals surface area contributed by atoms with Crippen LogP contribution < -0.4 is 10.2 Å². The van der Waals surface area contributed by atoms with Gasteiger partial charge in [0.15, 0.2) is 0 Å². The van der Waals surface area contributed by atoms with E-state index in [2.05, 4.69) is 27.2 Å². The first-order chi connectivity index (χ1) is 11.2. The fourth-order valence-electron chi connectivity index (χ4n) is 3.08. The minimum absolute atomic E-state index is 0.170. The van der Waals surface area contributed by atoms with Crippen LogP contribution in [0, 0.1) is 11.8 Å². The molecule has 2 saturated carbocycles. The van der Waals surface area contributed by atoms with Crippen molar-refractivity contribution in [3.05, 3.63) is 11.2 Å². The van der Waals surface area contributed by atoms with E-state index in [1.807, 2.05) is 0 Å². The van der Waals surface area contributed by atoms with Gasteiger partial charge in [0.25, 0.3) is 0 Å². The summed E-state index contributed by atoms with van der Waals surface area (Å²) in [5.41, 5.74) is -0.578. The number of nitrogens with one attached hydrogen (secondary N) is 1. The highest BCUT2D eigenvalue weighted by atomic mass is 35.5. The standard InChI is InChI=1S/C17H25ClN4O2/c1-17(2,3)24-16(23)21-15-19-12(18)9-13(20-15)22(4)14(10-5-6-10)11-7-8-11/h9-11,14H,5-8H2,1-4H3,(H,19,20,21,23). The molecular formula is C17H25ClN4O2. The molecule has 0 unspecified atom stereocenters. The van der Waals surface area contributed by atoms with Crippen molar-refractivity contribution in [3.63, 3.8) is 0 Å². The van der Waals surface area contributed by atoms with Gasteiger partial charge < -0.3 is 9.64 Å². The van der Waals surface area contributed by atoms with Gasteiger partial charge in [-0.2, -0.15) is 4.98 Å². The number of anilines is 2. The van der Waals surface area contributed by atoms with E-state index in [0.717, 1.165) is 17.7 Å². The Balaban J connectivity index is 1.74. The van der Waals surface area contributed by atoms with Crippen LogP contribution in [0.1, 0.15) is 46.5 Å². The molecule has 0 spiro atoms. The van der Waals surface area contributed by atoms with E-state index in [1.54, 1.807) is 26.8 Å². The Hall–Kier alpha value is -1.56. The Labute approximate surface area is 147 Å². The molecule has 0 aliphatic heterocycles. The topological polar surface area (TPSA) is 67.4 Å². The van der Waals surface area contributed by atoms with Crippen LogP contribution in [0.5, 0.6) is 0 Å². The first-order valence-electron chi connectivity index (χ1n) is 8.50. The summed E-state index contributed by atoms with van der Waals surface area (Å²) in [7, 11) is 2.05. The van der Waals surface area contributed by atoms with E-state index in [-0.39, 0.29) is 5.95 Å². The molecule has 0 saturated heterocycles. The summed E-state index contributed by atoms with van der Waals surface area (Å²) in [6, 6.07) is 2.25. The fourth-order valence-corrected chi connectivity index (χ4v) is 3.26. The molecule has 0 bridgehead atoms. The van der Waals surface area contributed by atoms with Crippen molar-refractivity contribution >= 4 is 29.5 Å². The maximum Gasteiger partial charge on any atom is 0.414 e. The molecule has 24 heavy (non-hydrogen) atoms. The summed E-state index contributed by atoms with van der Waals surface area (Å²) < 4.78 is 5.24. The summed E-state index contributed by atoms with van der Waals surface area (Å²) in [6.07, 6.45) is 4.56. The van der Waals surface area contributed by atoms with Crippen molar-refractivity contribution in [2.75, 3.05) is 17.3 Å². The molecule has 0 aromatic carbocycles. The van der Waals surface area contributed by atoms with Crippen molar-refractivity contribution in [1.82, 2.24) is 9.97 Å². The highest BCUT2D eigenvalue weighted by molar-refractivity contribution is 6.29. The first kappa shape index (κ1) is 17.3. The number of ether oxygens (including phenoxy) is 1. The summed E-state index contributed by atoms with van der Waals surface area (Å²) in [5.74, 6) is 2.41. The fraction of sp³-hybridized carbons (Fsp3) is 0.706. The third-order valence-electron chi connectivity index (χ3n) is 4.31. The molecule has 1 aromatic heterocycles. The van der Waals surface area contributed by atoms with Gasteiger partial charge in [0.1, 0.15) is 16.6 Å². The first-order valence-corrected chi connectivity index (χ1v) is 8.88. The molecule has 2 fully saturated rings. The van der Waals surface area contributed by atoms with Crippen molar-refractivity contribution in [2.45, 2.75) is 58.1 Å². The Morgan fingerprint density at radius 2 is 1.88 bits per heavy atom. The molecular weight excluding hydrogens is 328 g/mol. The minimum atomic E-state index is -0.584. The number of halogens is 1. The zero-order valence-electron chi connectivity index (χ0n) is 14.7. The van der Waals surface area contributed by atoms with Crippen molar-refractivity contribution < 1.29 is 9.53 Å². The Morgan fingerprint density at radius 3 is 2.38 bits per heavy atom. The lowest BCUT2D eigenvalue weighted by atomic mass is 10.1. The second-order valence-electron chi connectivity index (χ2n) is 7.78. The molecule has 3 rings (SSSR count). The van der Waals surface area contributed by atoms with Gasteiger partial charge in [0.05, 0.1) is 0 Å². The van der Waals surface area contributed by atoms with Crippen molar-refractivity contribution in [3.8, 4) is 0 Å². The molecule has 2 aliphatic rings. The van der Waals surface area contributed by atoms with Gasteiger partial charge in [0.2, 0.25) is 5.95 Å². The van der Waals surface area contributed by atoms with Gasteiger partial charge in [-0.15, -0.1) is 0 Å². The molecule has 1 aromatic rings. The van der Waals surface area contributed by atoms with Crippen LogP contribution in [0.3, 0.4) is 0 Å². The Bertz CT molecular complexity index is 612. The molecule has 2 aliphatic carbocycles. The van der Waals surface area contributed by atoms with E-state index in [9.17, 15) is 4.79 Å². The molecule has 1 N–H and O–H groups in total. The molecule has 1 heterocycles. The van der Waals surface area contributed by atoms with Gasteiger partial charge >= 0.3 is 6.09 Å². The van der Waals surface area contributed by atoms with E-state index >= 15 is 0 Å². The van der Waals surface area contributed by atoms with Crippen molar-refractivity contribution in [1.29, 1.82) is 0 Å². The van der Waals surface area contributed by atoms with E-state index in [0.29, 0.717) is 11.2 Å². The highest BCUT2D eigenvalue weighted by Crippen LogP contribution is 2.47. The van der Waals surface area contributed by atoms with Gasteiger partial charge in [0, 0.05) is 19.2 Å². The quantitative estimate of drug-likeness (QED) is 0.808. The van der Waals surface area contributed by atoms with Crippen LogP contribution in [0.2, 0.25) is 5.15 Å². The number of amides is 1. The average molecular weight is 353 g/mol.